The first-order chi connectivity index (χ1) is 25.8. The summed E-state index contributed by atoms with van der Waals surface area (Å²) in [6.07, 6.45) is 2.53. The van der Waals surface area contributed by atoms with Gasteiger partial charge in [-0.05, 0) is 33.4 Å². The summed E-state index contributed by atoms with van der Waals surface area (Å²) in [5, 5.41) is 13.0. The Morgan fingerprint density at radius 3 is 2.40 bits per heavy atom. The third-order valence-corrected chi connectivity index (χ3v) is 10.6. The van der Waals surface area contributed by atoms with Gasteiger partial charge in [0.05, 0.1) is 31.8 Å². The highest BCUT2D eigenvalue weighted by molar-refractivity contribution is 7.99. The Morgan fingerprint density at radius 2 is 1.66 bits per heavy atom. The second kappa shape index (κ2) is 16.6. The van der Waals surface area contributed by atoms with Crippen LogP contribution in [-0.4, -0.2) is 55.4 Å². The number of aliphatic hydroxyl groups is 1. The molecule has 12 heteroatoms. The first kappa shape index (κ1) is 36.1. The molecule has 0 saturated carbocycles. The van der Waals surface area contributed by atoms with Crippen molar-refractivity contribution in [2.24, 2.45) is 7.05 Å². The number of aryl methyl sites for hydroxylation is 1. The first-order valence-electron chi connectivity index (χ1n) is 17.4. The summed E-state index contributed by atoms with van der Waals surface area (Å²) >= 11 is 1.64. The highest BCUT2D eigenvalue weighted by atomic mass is 32.2. The van der Waals surface area contributed by atoms with Crippen molar-refractivity contribution in [2.75, 3.05) is 5.75 Å². The summed E-state index contributed by atoms with van der Waals surface area (Å²) in [6, 6.07) is 31.6. The average Bonchev–Trinajstić information content (AvgIpc) is 3.73. The predicted molar refractivity (Wildman–Crippen MR) is 198 cm³/mol. The number of thioether (sulfide) groups is 1. The Kier molecular flexibility index (Phi) is 11.3. The van der Waals surface area contributed by atoms with Crippen molar-refractivity contribution in [2.45, 2.75) is 62.3 Å². The van der Waals surface area contributed by atoms with Crippen molar-refractivity contribution in [3.63, 3.8) is 0 Å². The number of alkyl carbamates (subject to hydrolysis) is 1. The van der Waals surface area contributed by atoms with Crippen LogP contribution in [0, 0.1) is 0 Å². The van der Waals surface area contributed by atoms with Crippen LogP contribution in [0.5, 0.6) is 0 Å². The number of nitrogens with one attached hydrogen (secondary N) is 1. The largest absolute Gasteiger partial charge is 0.445 e. The second-order valence-corrected chi connectivity index (χ2v) is 14.0. The number of aromatic nitrogens is 2. The van der Waals surface area contributed by atoms with E-state index in [0.717, 1.165) is 44.1 Å². The Labute approximate surface area is 311 Å². The number of amides is 3. The quantitative estimate of drug-likeness (QED) is 0.109. The van der Waals surface area contributed by atoms with Gasteiger partial charge < -0.3 is 29.2 Å². The molecule has 0 aliphatic carbocycles. The van der Waals surface area contributed by atoms with Crippen LogP contribution in [0.1, 0.15) is 53.1 Å². The molecular formula is C41H40N4O7S. The molecule has 11 nitrogen and oxygen atoms in total. The number of imide groups is 1. The minimum Gasteiger partial charge on any atom is -0.445 e. The zero-order chi connectivity index (χ0) is 36.7. The van der Waals surface area contributed by atoms with Crippen LogP contribution in [0.25, 0.3) is 11.1 Å². The van der Waals surface area contributed by atoms with Crippen molar-refractivity contribution in [1.82, 2.24) is 19.8 Å². The van der Waals surface area contributed by atoms with Crippen LogP contribution in [0.2, 0.25) is 0 Å². The molecule has 2 aliphatic rings. The number of benzene rings is 4. The highest BCUT2D eigenvalue weighted by Gasteiger charge is 2.40. The summed E-state index contributed by atoms with van der Waals surface area (Å²) in [5.41, 5.74) is 6.08. The molecule has 2 N–H and O–H groups in total. The van der Waals surface area contributed by atoms with Gasteiger partial charge in [-0.25, -0.2) is 9.78 Å². The number of nitrogens with zero attached hydrogens (tertiary/aromatic N) is 3. The Morgan fingerprint density at radius 1 is 0.925 bits per heavy atom. The number of likely N-dealkylation sites (tertiary alicyclic amines) is 1. The summed E-state index contributed by atoms with van der Waals surface area (Å²) in [5.74, 6) is -0.142. The maximum Gasteiger partial charge on any atom is 0.408 e. The smallest absolute Gasteiger partial charge is 0.408 e. The maximum absolute atomic E-state index is 13.3. The van der Waals surface area contributed by atoms with Crippen LogP contribution in [0.3, 0.4) is 0 Å². The van der Waals surface area contributed by atoms with Gasteiger partial charge in [-0.3, -0.25) is 14.5 Å². The van der Waals surface area contributed by atoms with Gasteiger partial charge in [-0.1, -0.05) is 115 Å². The molecule has 7 rings (SSSR count). The molecule has 2 saturated heterocycles. The molecule has 2 fully saturated rings. The molecule has 5 aromatic rings. The van der Waals surface area contributed by atoms with Crippen molar-refractivity contribution in [3.05, 3.63) is 143 Å². The van der Waals surface area contributed by atoms with E-state index in [1.807, 2.05) is 121 Å². The zero-order valence-electron chi connectivity index (χ0n) is 29.2. The molecule has 272 valence electrons. The van der Waals surface area contributed by atoms with E-state index in [-0.39, 0.29) is 44.3 Å². The van der Waals surface area contributed by atoms with Crippen LogP contribution in [0.4, 0.5) is 4.79 Å². The molecule has 0 bridgehead atoms. The van der Waals surface area contributed by atoms with E-state index in [0.29, 0.717) is 12.2 Å². The molecule has 1 aromatic heterocycles. The number of rotatable bonds is 12. The van der Waals surface area contributed by atoms with E-state index in [9.17, 15) is 19.5 Å². The van der Waals surface area contributed by atoms with E-state index in [1.54, 1.807) is 18.0 Å². The van der Waals surface area contributed by atoms with Crippen LogP contribution in [0.15, 0.2) is 121 Å². The molecule has 4 unspecified atom stereocenters. The summed E-state index contributed by atoms with van der Waals surface area (Å²) in [7, 11) is 1.97. The van der Waals surface area contributed by atoms with Gasteiger partial charge in [0.2, 0.25) is 5.91 Å². The van der Waals surface area contributed by atoms with Crippen LogP contribution in [-0.2, 0) is 50.6 Å². The predicted octanol–water partition coefficient (Wildman–Crippen LogP) is 6.47. The lowest BCUT2D eigenvalue weighted by Gasteiger charge is -2.36. The highest BCUT2D eigenvalue weighted by Crippen LogP contribution is 2.40. The van der Waals surface area contributed by atoms with Gasteiger partial charge in [0, 0.05) is 37.2 Å². The van der Waals surface area contributed by atoms with E-state index < -0.39 is 24.3 Å². The van der Waals surface area contributed by atoms with Gasteiger partial charge in [0.15, 0.2) is 11.4 Å². The number of carbonyl (C=O) groups excluding carboxylic acids is 3. The Hall–Kier alpha value is -5.27. The molecule has 4 aromatic carbocycles. The number of hydrogen-bond donors (Lipinski definition) is 2. The third-order valence-electron chi connectivity index (χ3n) is 9.38. The van der Waals surface area contributed by atoms with E-state index in [2.05, 4.69) is 10.3 Å². The van der Waals surface area contributed by atoms with Crippen LogP contribution >= 0.6 is 11.8 Å². The lowest BCUT2D eigenvalue weighted by atomic mass is 9.97. The van der Waals surface area contributed by atoms with Gasteiger partial charge in [-0.2, -0.15) is 0 Å². The second-order valence-electron chi connectivity index (χ2n) is 13.0. The molecule has 4 atom stereocenters. The third kappa shape index (κ3) is 8.69. The van der Waals surface area contributed by atoms with E-state index in [1.165, 1.54) is 4.90 Å². The molecule has 0 spiro atoms. The van der Waals surface area contributed by atoms with Gasteiger partial charge in [0.1, 0.15) is 12.6 Å². The standard InChI is InChI=1S/C41H40N4O7S/c1-44-20-19-42-40(44)53-26-33-21-36(30-13-11-27(24-46)12-14-30)52-39(51-33)31-17-15-29(16-18-31)34-10-6-5-9-32(34)23-45-37(47)22-35(38(45)48)43-41(49)50-25-28-7-3-2-4-8-28/h2-20,33,35-36,39,46H,21-26H2,1H3,(H,43,49). The molecule has 0 radical (unpaired) electrons. The van der Waals surface area contributed by atoms with Crippen LogP contribution < -0.4 is 5.32 Å². The normalized spacial score (nSPS) is 20.1. The van der Waals surface area contributed by atoms with Crippen molar-refractivity contribution in [1.29, 1.82) is 0 Å². The Bertz CT molecular complexity index is 2040. The minimum atomic E-state index is -0.991. The first-order valence-corrected chi connectivity index (χ1v) is 18.4. The molecular weight excluding hydrogens is 693 g/mol. The molecule has 2 aliphatic heterocycles. The zero-order valence-corrected chi connectivity index (χ0v) is 30.0. The van der Waals surface area contributed by atoms with Gasteiger partial charge in [0.25, 0.3) is 5.91 Å². The number of aliphatic hydroxyl groups excluding tert-OH is 1. The van der Waals surface area contributed by atoms with E-state index in [4.69, 9.17) is 14.2 Å². The Balaban J connectivity index is 1.03. The number of carbonyl (C=O) groups is 3. The fourth-order valence-electron chi connectivity index (χ4n) is 6.48. The van der Waals surface area contributed by atoms with Gasteiger partial charge >= 0.3 is 6.09 Å². The minimum absolute atomic E-state index is 0.0235. The maximum atomic E-state index is 13.3. The summed E-state index contributed by atoms with van der Waals surface area (Å²) < 4.78 is 20.3. The molecule has 53 heavy (non-hydrogen) atoms. The number of imidazole rings is 1. The van der Waals surface area contributed by atoms with Gasteiger partial charge in [-0.15, -0.1) is 0 Å². The fourth-order valence-corrected chi connectivity index (χ4v) is 7.43. The summed E-state index contributed by atoms with van der Waals surface area (Å²) in [6.45, 7) is 0.0971. The average molecular weight is 733 g/mol. The monoisotopic (exact) mass is 732 g/mol. The summed E-state index contributed by atoms with van der Waals surface area (Å²) in [4.78, 5) is 44.4. The number of hydrogen-bond acceptors (Lipinski definition) is 9. The topological polar surface area (TPSA) is 132 Å². The van der Waals surface area contributed by atoms with E-state index >= 15 is 0 Å². The van der Waals surface area contributed by atoms with Crippen molar-refractivity contribution >= 4 is 29.7 Å². The van der Waals surface area contributed by atoms with Crippen molar-refractivity contribution < 1.29 is 33.7 Å². The SMILES string of the molecule is Cn1ccnc1SCC1CC(c2ccc(CO)cc2)OC(c2ccc(-c3ccccc3CN3C(=O)CC(NC(=O)OCc4ccccc4)C3=O)cc2)O1. The number of ether oxygens (including phenoxy) is 3. The molecule has 3 amide bonds. The molecule has 3 heterocycles. The van der Waals surface area contributed by atoms with Crippen molar-refractivity contribution in [3.8, 4) is 11.1 Å². The lowest BCUT2D eigenvalue weighted by Crippen LogP contribution is -2.41. The lowest BCUT2D eigenvalue weighted by molar-refractivity contribution is -0.245. The fraction of sp³-hybridized carbons (Fsp3) is 0.268.